The summed E-state index contributed by atoms with van der Waals surface area (Å²) in [7, 11) is 0. The number of nitrogens with one attached hydrogen (secondary N) is 1. The van der Waals surface area contributed by atoms with Gasteiger partial charge in [0.1, 0.15) is 24.1 Å². The number of rotatable bonds is 4. The molecular weight excluding hydrogens is 338 g/mol. The summed E-state index contributed by atoms with van der Waals surface area (Å²) < 4.78 is 7.17. The van der Waals surface area contributed by atoms with Crippen LogP contribution < -0.4 is 5.32 Å². The molecular formula is C17H19N5O4. The Kier molecular flexibility index (Phi) is 4.08. The minimum absolute atomic E-state index is 0.414. The molecule has 0 amide bonds. The summed E-state index contributed by atoms with van der Waals surface area (Å²) in [6.45, 7) is 1.01. The number of anilines is 2. The molecule has 3 aromatic rings. The molecule has 26 heavy (non-hydrogen) atoms. The molecule has 1 saturated heterocycles. The van der Waals surface area contributed by atoms with Crippen molar-refractivity contribution in [3.63, 3.8) is 0 Å². The lowest BCUT2D eigenvalue weighted by Gasteiger charge is -2.25. The van der Waals surface area contributed by atoms with Crippen LogP contribution in [0.5, 0.6) is 0 Å². The Morgan fingerprint density at radius 1 is 1.23 bits per heavy atom. The van der Waals surface area contributed by atoms with Crippen LogP contribution in [0.25, 0.3) is 11.2 Å². The van der Waals surface area contributed by atoms with Gasteiger partial charge in [0.25, 0.3) is 0 Å². The Labute approximate surface area is 148 Å². The summed E-state index contributed by atoms with van der Waals surface area (Å²) in [5, 5.41) is 33.4. The molecule has 1 aromatic carbocycles. The Morgan fingerprint density at radius 2 is 2.00 bits per heavy atom. The molecule has 0 aliphatic carbocycles. The SMILES string of the molecule is C[C@@]1(O)[C@@H](CO)O[C@@H](n2cnc3c(Nc4ccccc4)ncnc32)[C@@H]1O. The third-order valence-corrected chi connectivity index (χ3v) is 4.66. The van der Waals surface area contributed by atoms with Crippen LogP contribution in [0.4, 0.5) is 11.5 Å². The second-order valence-electron chi connectivity index (χ2n) is 6.41. The fourth-order valence-corrected chi connectivity index (χ4v) is 3.09. The smallest absolute Gasteiger partial charge is 0.167 e. The van der Waals surface area contributed by atoms with Gasteiger partial charge in [-0.2, -0.15) is 0 Å². The van der Waals surface area contributed by atoms with Crippen LogP contribution in [0.3, 0.4) is 0 Å². The molecule has 0 spiro atoms. The standard InChI is InChI=1S/C17H19N5O4/c1-17(25)11(7-23)26-16(13(17)24)22-9-20-12-14(18-8-19-15(12)22)21-10-5-3-2-4-6-10/h2-6,8-9,11,13,16,23-25H,7H2,1H3,(H,18,19,21)/t11-,13+,16-,17-/m1/s1. The van der Waals surface area contributed by atoms with Crippen LogP contribution in [0.2, 0.25) is 0 Å². The van der Waals surface area contributed by atoms with Crippen molar-refractivity contribution in [1.82, 2.24) is 19.5 Å². The summed E-state index contributed by atoms with van der Waals surface area (Å²) in [5.41, 5.74) is 0.201. The average molecular weight is 357 g/mol. The number of para-hydroxylation sites is 1. The predicted octanol–water partition coefficient (Wildman–Crippen LogP) is 0.571. The number of fused-ring (bicyclic) bond motifs is 1. The molecule has 1 aliphatic heterocycles. The molecule has 4 atom stereocenters. The third kappa shape index (κ3) is 2.61. The van der Waals surface area contributed by atoms with E-state index in [1.54, 1.807) is 0 Å². The lowest BCUT2D eigenvalue weighted by molar-refractivity contribution is -0.0804. The van der Waals surface area contributed by atoms with Gasteiger partial charge in [-0.05, 0) is 19.1 Å². The fraction of sp³-hybridized carbons (Fsp3) is 0.353. The van der Waals surface area contributed by atoms with Crippen molar-refractivity contribution < 1.29 is 20.1 Å². The summed E-state index contributed by atoms with van der Waals surface area (Å²) in [6, 6.07) is 9.52. The highest BCUT2D eigenvalue weighted by atomic mass is 16.6. The van der Waals surface area contributed by atoms with Crippen LogP contribution in [0, 0.1) is 0 Å². The van der Waals surface area contributed by atoms with Crippen LogP contribution in [-0.4, -0.2) is 59.3 Å². The molecule has 136 valence electrons. The van der Waals surface area contributed by atoms with Crippen LogP contribution in [0.1, 0.15) is 13.2 Å². The van der Waals surface area contributed by atoms with E-state index in [1.807, 2.05) is 30.3 Å². The average Bonchev–Trinajstić information content (AvgIpc) is 3.16. The van der Waals surface area contributed by atoms with Gasteiger partial charge < -0.3 is 25.4 Å². The van der Waals surface area contributed by atoms with Gasteiger partial charge in [0.15, 0.2) is 23.2 Å². The van der Waals surface area contributed by atoms with Crippen LogP contribution in [0.15, 0.2) is 43.0 Å². The minimum Gasteiger partial charge on any atom is -0.394 e. The van der Waals surface area contributed by atoms with E-state index < -0.39 is 30.6 Å². The van der Waals surface area contributed by atoms with Gasteiger partial charge in [0.05, 0.1) is 12.9 Å². The van der Waals surface area contributed by atoms with Gasteiger partial charge >= 0.3 is 0 Å². The summed E-state index contributed by atoms with van der Waals surface area (Å²) >= 11 is 0. The lowest BCUT2D eigenvalue weighted by atomic mass is 9.95. The second-order valence-corrected chi connectivity index (χ2v) is 6.41. The Morgan fingerprint density at radius 3 is 2.69 bits per heavy atom. The zero-order valence-electron chi connectivity index (χ0n) is 14.0. The van der Waals surface area contributed by atoms with Crippen molar-refractivity contribution in [3.8, 4) is 0 Å². The highest BCUT2D eigenvalue weighted by molar-refractivity contribution is 5.85. The van der Waals surface area contributed by atoms with Crippen molar-refractivity contribution in [1.29, 1.82) is 0 Å². The molecule has 4 N–H and O–H groups in total. The largest absolute Gasteiger partial charge is 0.394 e. The van der Waals surface area contributed by atoms with Crippen LogP contribution in [-0.2, 0) is 4.74 Å². The molecule has 2 aromatic heterocycles. The van der Waals surface area contributed by atoms with Gasteiger partial charge in [-0.1, -0.05) is 18.2 Å². The number of aliphatic hydroxyl groups excluding tert-OH is 2. The fourth-order valence-electron chi connectivity index (χ4n) is 3.09. The van der Waals surface area contributed by atoms with Crippen LogP contribution >= 0.6 is 0 Å². The van der Waals surface area contributed by atoms with Gasteiger partial charge in [0.2, 0.25) is 0 Å². The Bertz CT molecular complexity index is 914. The van der Waals surface area contributed by atoms with E-state index in [2.05, 4.69) is 20.3 Å². The van der Waals surface area contributed by atoms with Gasteiger partial charge in [0, 0.05) is 5.69 Å². The molecule has 0 saturated carbocycles. The highest BCUT2D eigenvalue weighted by Crippen LogP contribution is 2.38. The van der Waals surface area contributed by atoms with E-state index in [1.165, 1.54) is 24.1 Å². The van der Waals surface area contributed by atoms with E-state index in [-0.39, 0.29) is 0 Å². The molecule has 4 rings (SSSR count). The third-order valence-electron chi connectivity index (χ3n) is 4.66. The monoisotopic (exact) mass is 357 g/mol. The Hall–Kier alpha value is -2.59. The minimum atomic E-state index is -1.59. The number of benzene rings is 1. The predicted molar refractivity (Wildman–Crippen MR) is 92.7 cm³/mol. The molecule has 1 aliphatic rings. The number of hydrogen-bond donors (Lipinski definition) is 4. The first kappa shape index (κ1) is 16.9. The molecule has 0 unspecified atom stereocenters. The van der Waals surface area contributed by atoms with Gasteiger partial charge in [-0.15, -0.1) is 0 Å². The topological polar surface area (TPSA) is 126 Å². The van der Waals surface area contributed by atoms with Crippen molar-refractivity contribution in [3.05, 3.63) is 43.0 Å². The maximum Gasteiger partial charge on any atom is 0.167 e. The molecule has 1 fully saturated rings. The first-order valence-electron chi connectivity index (χ1n) is 8.18. The number of imidazole rings is 1. The number of aromatic nitrogens is 4. The van der Waals surface area contributed by atoms with E-state index in [0.717, 1.165) is 5.69 Å². The molecule has 3 heterocycles. The van der Waals surface area contributed by atoms with Gasteiger partial charge in [-0.25, -0.2) is 15.0 Å². The van der Waals surface area contributed by atoms with E-state index in [4.69, 9.17) is 4.74 Å². The van der Waals surface area contributed by atoms with Gasteiger partial charge in [-0.3, -0.25) is 4.57 Å². The molecule has 9 nitrogen and oxygen atoms in total. The first-order valence-corrected chi connectivity index (χ1v) is 8.18. The number of ether oxygens (including phenoxy) is 1. The lowest BCUT2D eigenvalue weighted by Crippen LogP contribution is -2.46. The zero-order valence-corrected chi connectivity index (χ0v) is 14.0. The molecule has 9 heteroatoms. The number of aliphatic hydroxyl groups is 3. The maximum absolute atomic E-state index is 10.5. The first-order chi connectivity index (χ1) is 12.5. The highest BCUT2D eigenvalue weighted by Gasteiger charge is 2.52. The van der Waals surface area contributed by atoms with Crippen molar-refractivity contribution in [2.75, 3.05) is 11.9 Å². The maximum atomic E-state index is 10.5. The normalized spacial score (nSPS) is 28.5. The summed E-state index contributed by atoms with van der Waals surface area (Å²) in [4.78, 5) is 12.8. The van der Waals surface area contributed by atoms with Crippen molar-refractivity contribution in [2.24, 2.45) is 0 Å². The number of hydrogen-bond acceptors (Lipinski definition) is 8. The summed E-state index contributed by atoms with van der Waals surface area (Å²) in [5.74, 6) is 0.512. The number of nitrogens with zero attached hydrogens (tertiary/aromatic N) is 4. The summed E-state index contributed by atoms with van der Waals surface area (Å²) in [6.07, 6.45) is -0.235. The molecule has 0 radical (unpaired) electrons. The quantitative estimate of drug-likeness (QED) is 0.534. The van der Waals surface area contributed by atoms with E-state index in [0.29, 0.717) is 17.0 Å². The van der Waals surface area contributed by atoms with Crippen molar-refractivity contribution >= 4 is 22.7 Å². The second kappa shape index (κ2) is 6.29. The van der Waals surface area contributed by atoms with E-state index in [9.17, 15) is 15.3 Å². The molecule has 0 bridgehead atoms. The Balaban J connectivity index is 1.71. The van der Waals surface area contributed by atoms with E-state index >= 15 is 0 Å². The van der Waals surface area contributed by atoms with Crippen molar-refractivity contribution in [2.45, 2.75) is 31.0 Å². The zero-order chi connectivity index (χ0) is 18.3.